The number of aromatic nitrogens is 3. The van der Waals surface area contributed by atoms with Crippen molar-refractivity contribution in [1.82, 2.24) is 25.2 Å². The number of β-amino-alcohol motifs (C(OH)–C–C–N with tert-alkyl or cyclic N) is 1. The van der Waals surface area contributed by atoms with Gasteiger partial charge in [0.05, 0.1) is 18.0 Å². The first-order chi connectivity index (χ1) is 10.2. The lowest BCUT2D eigenvalue weighted by atomic mass is 10.3. The zero-order chi connectivity index (χ0) is 15.1. The fraction of sp³-hybridized carbons (Fsp3) is 0.769. The van der Waals surface area contributed by atoms with E-state index in [1.807, 2.05) is 6.92 Å². The average molecular weight is 297 g/mol. The van der Waals surface area contributed by atoms with Crippen molar-refractivity contribution in [3.8, 4) is 0 Å². The molecule has 0 bridgehead atoms. The molecular formula is C13H23N5O3. The molecule has 0 aliphatic carbocycles. The first-order valence-electron chi connectivity index (χ1n) is 7.29. The summed E-state index contributed by atoms with van der Waals surface area (Å²) in [6.45, 7) is 5.44. The lowest BCUT2D eigenvalue weighted by Gasteiger charge is -2.21. The van der Waals surface area contributed by atoms with Gasteiger partial charge in [0, 0.05) is 39.3 Å². The van der Waals surface area contributed by atoms with Gasteiger partial charge in [0.1, 0.15) is 6.61 Å². The van der Waals surface area contributed by atoms with Gasteiger partial charge in [0.15, 0.2) is 0 Å². The molecule has 0 spiro atoms. The standard InChI is InChI=1S/C13H23N5O3/c1-2-5-21-10-13(20)18-4-3-17(8-12(19)9-18)7-11-6-14-16-15-11/h6,12,19H,2-5,7-10H2,1H3,(H,14,15,16). The number of H-pyrrole nitrogens is 1. The second-order valence-electron chi connectivity index (χ2n) is 5.24. The summed E-state index contributed by atoms with van der Waals surface area (Å²) < 4.78 is 5.28. The number of hydrogen-bond donors (Lipinski definition) is 2. The highest BCUT2D eigenvalue weighted by Gasteiger charge is 2.24. The number of nitrogens with one attached hydrogen (secondary N) is 1. The van der Waals surface area contributed by atoms with Gasteiger partial charge in [-0.25, -0.2) is 0 Å². The highest BCUT2D eigenvalue weighted by molar-refractivity contribution is 5.77. The Balaban J connectivity index is 1.83. The van der Waals surface area contributed by atoms with Crippen LogP contribution in [0.15, 0.2) is 6.20 Å². The van der Waals surface area contributed by atoms with E-state index in [1.54, 1.807) is 11.1 Å². The van der Waals surface area contributed by atoms with Crippen molar-refractivity contribution in [2.24, 2.45) is 0 Å². The number of carbonyl (C=O) groups is 1. The second kappa shape index (κ2) is 8.06. The third kappa shape index (κ3) is 5.07. The van der Waals surface area contributed by atoms with Crippen LogP contribution in [0.3, 0.4) is 0 Å². The molecule has 8 heteroatoms. The van der Waals surface area contributed by atoms with Gasteiger partial charge in [-0.05, 0) is 6.42 Å². The number of nitrogens with zero attached hydrogens (tertiary/aromatic N) is 4. The van der Waals surface area contributed by atoms with Crippen molar-refractivity contribution in [1.29, 1.82) is 0 Å². The predicted octanol–water partition coefficient (Wildman–Crippen LogP) is -0.764. The van der Waals surface area contributed by atoms with Crippen molar-refractivity contribution in [3.63, 3.8) is 0 Å². The molecule has 1 amide bonds. The molecule has 1 aliphatic heterocycles. The Morgan fingerprint density at radius 3 is 3.10 bits per heavy atom. The molecule has 1 unspecified atom stereocenters. The number of aromatic amines is 1. The van der Waals surface area contributed by atoms with Crippen molar-refractivity contribution < 1.29 is 14.6 Å². The third-order valence-electron chi connectivity index (χ3n) is 3.36. The summed E-state index contributed by atoms with van der Waals surface area (Å²) in [5.41, 5.74) is 0.827. The quantitative estimate of drug-likeness (QED) is 0.670. The molecule has 2 rings (SSSR count). The van der Waals surface area contributed by atoms with Crippen LogP contribution < -0.4 is 0 Å². The normalized spacial score (nSPS) is 20.5. The molecule has 1 aromatic rings. The number of rotatable bonds is 6. The first-order valence-corrected chi connectivity index (χ1v) is 7.29. The molecule has 1 aliphatic rings. The number of aliphatic hydroxyl groups is 1. The minimum atomic E-state index is -0.561. The summed E-state index contributed by atoms with van der Waals surface area (Å²) in [4.78, 5) is 15.8. The maximum atomic E-state index is 12.0. The summed E-state index contributed by atoms with van der Waals surface area (Å²) in [5, 5.41) is 20.4. The van der Waals surface area contributed by atoms with Crippen LogP contribution in [0, 0.1) is 0 Å². The van der Waals surface area contributed by atoms with Gasteiger partial charge in [0.2, 0.25) is 5.91 Å². The Bertz CT molecular complexity index is 425. The Morgan fingerprint density at radius 2 is 2.38 bits per heavy atom. The molecule has 1 atom stereocenters. The van der Waals surface area contributed by atoms with Crippen LogP contribution >= 0.6 is 0 Å². The Hall–Kier alpha value is -1.51. The molecule has 1 fully saturated rings. The second-order valence-corrected chi connectivity index (χ2v) is 5.24. The summed E-state index contributed by atoms with van der Waals surface area (Å²) >= 11 is 0. The van der Waals surface area contributed by atoms with E-state index in [0.717, 1.165) is 12.1 Å². The maximum Gasteiger partial charge on any atom is 0.248 e. The minimum absolute atomic E-state index is 0.0641. The lowest BCUT2D eigenvalue weighted by Crippen LogP contribution is -2.39. The lowest BCUT2D eigenvalue weighted by molar-refractivity contribution is -0.137. The number of amides is 1. The van der Waals surface area contributed by atoms with Gasteiger partial charge in [-0.15, -0.1) is 0 Å². The molecule has 21 heavy (non-hydrogen) atoms. The van der Waals surface area contributed by atoms with Crippen LogP contribution in [0.4, 0.5) is 0 Å². The van der Waals surface area contributed by atoms with Crippen LogP contribution in [0.25, 0.3) is 0 Å². The summed E-state index contributed by atoms with van der Waals surface area (Å²) in [6, 6.07) is 0. The van der Waals surface area contributed by atoms with Crippen molar-refractivity contribution in [2.45, 2.75) is 26.0 Å². The zero-order valence-electron chi connectivity index (χ0n) is 12.4. The molecule has 0 radical (unpaired) electrons. The van der Waals surface area contributed by atoms with Crippen LogP contribution in [-0.2, 0) is 16.1 Å². The monoisotopic (exact) mass is 297 g/mol. The van der Waals surface area contributed by atoms with Crippen LogP contribution in [0.2, 0.25) is 0 Å². The van der Waals surface area contributed by atoms with Crippen molar-refractivity contribution in [3.05, 3.63) is 11.9 Å². The van der Waals surface area contributed by atoms with Gasteiger partial charge in [-0.3, -0.25) is 9.69 Å². The van der Waals surface area contributed by atoms with E-state index >= 15 is 0 Å². The van der Waals surface area contributed by atoms with E-state index in [2.05, 4.69) is 20.3 Å². The minimum Gasteiger partial charge on any atom is -0.390 e. The first kappa shape index (κ1) is 15.9. The molecule has 0 aromatic carbocycles. The SMILES string of the molecule is CCCOCC(=O)N1CCN(Cc2cn[nH]n2)CC(O)C1. The van der Waals surface area contributed by atoms with E-state index in [9.17, 15) is 9.90 Å². The zero-order valence-corrected chi connectivity index (χ0v) is 12.4. The van der Waals surface area contributed by atoms with E-state index in [0.29, 0.717) is 39.3 Å². The highest BCUT2D eigenvalue weighted by atomic mass is 16.5. The van der Waals surface area contributed by atoms with Gasteiger partial charge in [-0.1, -0.05) is 6.92 Å². The van der Waals surface area contributed by atoms with E-state index in [1.165, 1.54) is 0 Å². The average Bonchev–Trinajstić information content (AvgIpc) is 2.88. The Morgan fingerprint density at radius 1 is 1.52 bits per heavy atom. The molecule has 0 saturated carbocycles. The third-order valence-corrected chi connectivity index (χ3v) is 3.36. The molecule has 118 valence electrons. The number of ether oxygens (including phenoxy) is 1. The fourth-order valence-corrected chi connectivity index (χ4v) is 2.35. The number of hydrogen-bond acceptors (Lipinski definition) is 6. The molecular weight excluding hydrogens is 274 g/mol. The fourth-order valence-electron chi connectivity index (χ4n) is 2.35. The van der Waals surface area contributed by atoms with Crippen LogP contribution in [0.1, 0.15) is 19.0 Å². The topological polar surface area (TPSA) is 94.6 Å². The molecule has 2 N–H and O–H groups in total. The number of aliphatic hydroxyl groups excluding tert-OH is 1. The van der Waals surface area contributed by atoms with Crippen LogP contribution in [0.5, 0.6) is 0 Å². The van der Waals surface area contributed by atoms with Gasteiger partial charge >= 0.3 is 0 Å². The van der Waals surface area contributed by atoms with E-state index < -0.39 is 6.10 Å². The summed E-state index contributed by atoms with van der Waals surface area (Å²) in [5.74, 6) is -0.0641. The predicted molar refractivity (Wildman–Crippen MR) is 75.4 cm³/mol. The van der Waals surface area contributed by atoms with Gasteiger partial charge < -0.3 is 14.7 Å². The van der Waals surface area contributed by atoms with E-state index in [4.69, 9.17) is 4.74 Å². The highest BCUT2D eigenvalue weighted by Crippen LogP contribution is 2.08. The molecule has 8 nitrogen and oxygen atoms in total. The summed E-state index contributed by atoms with van der Waals surface area (Å²) in [6.07, 6.45) is 2.00. The van der Waals surface area contributed by atoms with Crippen molar-refractivity contribution in [2.75, 3.05) is 39.4 Å². The van der Waals surface area contributed by atoms with E-state index in [-0.39, 0.29) is 12.5 Å². The Labute approximate surface area is 124 Å². The smallest absolute Gasteiger partial charge is 0.248 e. The maximum absolute atomic E-state index is 12.0. The summed E-state index contributed by atoms with van der Waals surface area (Å²) in [7, 11) is 0. The molecule has 2 heterocycles. The largest absolute Gasteiger partial charge is 0.390 e. The van der Waals surface area contributed by atoms with Crippen LogP contribution in [-0.4, -0.2) is 81.7 Å². The molecule has 1 saturated heterocycles. The Kier molecular flexibility index (Phi) is 6.09. The number of carbonyl (C=O) groups excluding carboxylic acids is 1. The molecule has 1 aromatic heterocycles. The van der Waals surface area contributed by atoms with Gasteiger partial charge in [0.25, 0.3) is 0 Å². The van der Waals surface area contributed by atoms with Gasteiger partial charge in [-0.2, -0.15) is 15.4 Å². The van der Waals surface area contributed by atoms with Crippen molar-refractivity contribution >= 4 is 5.91 Å².